The molecule has 370 valence electrons. The number of ether oxygens (including phenoxy) is 1. The predicted molar refractivity (Wildman–Crippen MR) is 267 cm³/mol. The number of hydrogen-bond donors (Lipinski definition) is 5. The van der Waals surface area contributed by atoms with E-state index in [1.807, 2.05) is 71.1 Å². The Morgan fingerprint density at radius 2 is 1.64 bits per heavy atom. The Morgan fingerprint density at radius 3 is 2.34 bits per heavy atom. The maximum Gasteiger partial charge on any atom is 0.257 e. The van der Waals surface area contributed by atoms with Crippen LogP contribution in [0.25, 0.3) is 21.8 Å². The second-order valence-electron chi connectivity index (χ2n) is 18.6. The van der Waals surface area contributed by atoms with Crippen LogP contribution in [0.15, 0.2) is 77.8 Å². The minimum atomic E-state index is -0.973. The van der Waals surface area contributed by atoms with E-state index in [4.69, 9.17) is 4.74 Å². The molecule has 0 aliphatic carbocycles. The Hall–Kier alpha value is -6.61. The number of β-amino-alcohol motifs (C(OH)–C–C–N with tert-alkyl or cyclic N) is 1. The van der Waals surface area contributed by atoms with Crippen molar-refractivity contribution in [1.29, 1.82) is 0 Å². The van der Waals surface area contributed by atoms with Crippen LogP contribution >= 0.6 is 22.7 Å². The Morgan fingerprint density at radius 1 is 0.886 bits per heavy atom. The molecule has 2 saturated heterocycles. The fourth-order valence-corrected chi connectivity index (χ4v) is 9.62. The molecule has 20 heteroatoms. The Labute approximate surface area is 415 Å². The topological polar surface area (TPSA) is 228 Å². The zero-order valence-electron chi connectivity index (χ0n) is 40.0. The van der Waals surface area contributed by atoms with Gasteiger partial charge in [0.25, 0.3) is 17.7 Å². The van der Waals surface area contributed by atoms with Crippen molar-refractivity contribution < 1.29 is 38.6 Å². The summed E-state index contributed by atoms with van der Waals surface area (Å²) in [6.07, 6.45) is 1.75. The van der Waals surface area contributed by atoms with Gasteiger partial charge in [0.15, 0.2) is 11.7 Å². The summed E-state index contributed by atoms with van der Waals surface area (Å²) in [5.41, 5.74) is 5.61. The summed E-state index contributed by atoms with van der Waals surface area (Å²) in [5.74, 6) is -2.26. The van der Waals surface area contributed by atoms with E-state index in [2.05, 4.69) is 41.1 Å². The Kier molecular flexibility index (Phi) is 17.1. The molecule has 0 spiro atoms. The molecule has 3 atom stereocenters. The quantitative estimate of drug-likeness (QED) is 0.0750. The fourth-order valence-electron chi connectivity index (χ4n) is 8.11. The number of aryl methyl sites for hydroxylation is 1. The van der Waals surface area contributed by atoms with Crippen molar-refractivity contribution in [3.8, 4) is 27.6 Å². The number of likely N-dealkylation sites (tertiary alicyclic amines) is 1. The first-order valence-electron chi connectivity index (χ1n) is 23.3. The minimum absolute atomic E-state index is 0.0375. The zero-order chi connectivity index (χ0) is 50.0. The van der Waals surface area contributed by atoms with Crippen molar-refractivity contribution in [2.45, 2.75) is 78.1 Å². The number of thiazole rings is 2. The number of rotatable bonds is 18. The number of carbonyl (C=O) groups is 6. The monoisotopic (exact) mass is 992 g/mol. The van der Waals surface area contributed by atoms with Gasteiger partial charge in [-0.1, -0.05) is 51.1 Å². The van der Waals surface area contributed by atoms with Gasteiger partial charge in [-0.3, -0.25) is 39.1 Å². The number of anilines is 1. The molecular weight excluding hydrogens is 933 g/mol. The van der Waals surface area contributed by atoms with Crippen LogP contribution in [0.2, 0.25) is 0 Å². The lowest BCUT2D eigenvalue weighted by atomic mass is 9.85. The highest BCUT2D eigenvalue weighted by Gasteiger charge is 2.44. The molecule has 0 unspecified atom stereocenters. The summed E-state index contributed by atoms with van der Waals surface area (Å²) in [7, 11) is 1.99. The van der Waals surface area contributed by atoms with Crippen molar-refractivity contribution in [2.24, 2.45) is 5.41 Å². The summed E-state index contributed by atoms with van der Waals surface area (Å²) in [6.45, 7) is 9.93. The van der Waals surface area contributed by atoms with Gasteiger partial charge in [-0.25, -0.2) is 9.97 Å². The van der Waals surface area contributed by atoms with Crippen molar-refractivity contribution in [2.75, 3.05) is 58.2 Å². The van der Waals surface area contributed by atoms with Crippen molar-refractivity contribution >= 4 is 63.2 Å². The molecule has 6 amide bonds. The number of piperazine rings is 1. The number of amides is 6. The second kappa shape index (κ2) is 23.3. The number of likely N-dealkylation sites (N-methyl/N-ethyl adjacent to an activating group) is 1. The second-order valence-corrected chi connectivity index (χ2v) is 20.3. The SMILES string of the molecule is Cc1ncsc1-c1ccc(CNC(=O)[C@@H]2C[C@@H](O)CN2C(=O)[C@@H](NC(=O)CCCCNC(=O)COc2cc(C(=O)Nc3nc(-c4ccccn4)cs3)cc(C(=O)N3CCN(C)CC3)c2)C(C)(C)C)cc1. The van der Waals surface area contributed by atoms with Gasteiger partial charge >= 0.3 is 0 Å². The van der Waals surface area contributed by atoms with Crippen molar-refractivity contribution in [3.05, 3.63) is 100 Å². The average Bonchev–Trinajstić information content (AvgIpc) is 4.11. The van der Waals surface area contributed by atoms with E-state index in [1.165, 1.54) is 34.4 Å². The number of nitrogens with one attached hydrogen (secondary N) is 4. The molecule has 18 nitrogen and oxygen atoms in total. The first-order chi connectivity index (χ1) is 33.5. The molecule has 5 N–H and O–H groups in total. The molecule has 7 rings (SSSR count). The fraction of sp³-hybridized carbons (Fsp3) is 0.420. The van der Waals surface area contributed by atoms with Crippen LogP contribution in [0, 0.1) is 12.3 Å². The molecule has 2 aliphatic heterocycles. The number of aliphatic hydroxyl groups excluding tert-OH is 1. The van der Waals surface area contributed by atoms with Gasteiger partial charge in [0.2, 0.25) is 17.7 Å². The number of benzene rings is 2. The molecule has 2 aliphatic rings. The number of hydrogen-bond acceptors (Lipinski definition) is 14. The highest BCUT2D eigenvalue weighted by molar-refractivity contribution is 7.14. The van der Waals surface area contributed by atoms with Gasteiger partial charge in [0, 0.05) is 81.4 Å². The lowest BCUT2D eigenvalue weighted by Crippen LogP contribution is -2.57. The van der Waals surface area contributed by atoms with Gasteiger partial charge in [0.05, 0.1) is 27.9 Å². The normalized spacial score (nSPS) is 16.6. The number of nitrogens with zero attached hydrogens (tertiary/aromatic N) is 6. The molecule has 3 aromatic heterocycles. The molecule has 2 aromatic carbocycles. The average molecular weight is 993 g/mol. The molecular formula is C50H60N10O8S2. The Balaban J connectivity index is 0.880. The number of aliphatic hydroxyl groups is 1. The van der Waals surface area contributed by atoms with Gasteiger partial charge in [0.1, 0.15) is 23.5 Å². The van der Waals surface area contributed by atoms with Crippen molar-refractivity contribution in [3.63, 3.8) is 0 Å². The van der Waals surface area contributed by atoms with E-state index >= 15 is 0 Å². The minimum Gasteiger partial charge on any atom is -0.484 e. The standard InChI is InChI=1S/C50H60N10O8S2/c1-31-43(70-30-54-31)33-14-12-32(13-15-33)26-53-46(65)40-25-36(61)27-60(40)48(67)44(50(2,3)4)56-41(62)11-7-9-17-52-42(63)28-68-37-23-34(22-35(24-37)47(66)59-20-18-58(5)19-21-59)45(64)57-49-55-39(29-69-49)38-10-6-8-16-51-38/h6,8,10,12-16,22-24,29-30,36,40,44,61H,7,9,11,17-21,25-28H2,1-5H3,(H,52,63)(H,53,65)(H,56,62)(H,55,57,64)/t36-,40+,44-/m1/s1. The van der Waals surface area contributed by atoms with E-state index in [-0.39, 0.29) is 67.1 Å². The molecule has 0 radical (unpaired) electrons. The van der Waals surface area contributed by atoms with E-state index in [0.29, 0.717) is 55.5 Å². The predicted octanol–water partition coefficient (Wildman–Crippen LogP) is 4.75. The summed E-state index contributed by atoms with van der Waals surface area (Å²) >= 11 is 2.80. The number of aromatic nitrogens is 3. The molecule has 0 bridgehead atoms. The third-order valence-corrected chi connectivity index (χ3v) is 13.8. The smallest absolute Gasteiger partial charge is 0.257 e. The lowest BCUT2D eigenvalue weighted by molar-refractivity contribution is -0.144. The first kappa shape index (κ1) is 51.2. The van der Waals surface area contributed by atoms with Gasteiger partial charge in [-0.2, -0.15) is 0 Å². The third-order valence-electron chi connectivity index (χ3n) is 12.1. The molecule has 5 aromatic rings. The van der Waals surface area contributed by atoms with Crippen LogP contribution in [0.5, 0.6) is 5.75 Å². The maximum atomic E-state index is 14.1. The lowest BCUT2D eigenvalue weighted by Gasteiger charge is -2.35. The highest BCUT2D eigenvalue weighted by atomic mass is 32.1. The summed E-state index contributed by atoms with van der Waals surface area (Å²) in [5, 5.41) is 24.1. The number of unbranched alkanes of at least 4 members (excludes halogenated alkanes) is 1. The van der Waals surface area contributed by atoms with Crippen LogP contribution in [0.4, 0.5) is 5.13 Å². The third kappa shape index (κ3) is 13.6. The highest BCUT2D eigenvalue weighted by Crippen LogP contribution is 2.29. The molecule has 70 heavy (non-hydrogen) atoms. The van der Waals surface area contributed by atoms with E-state index in [1.54, 1.807) is 39.4 Å². The first-order valence-corrected chi connectivity index (χ1v) is 25.0. The summed E-state index contributed by atoms with van der Waals surface area (Å²) in [6, 6.07) is 15.9. The number of pyridine rings is 1. The van der Waals surface area contributed by atoms with Crippen LogP contribution in [-0.2, 0) is 25.7 Å². The van der Waals surface area contributed by atoms with Crippen LogP contribution in [0.1, 0.15) is 78.4 Å². The van der Waals surface area contributed by atoms with E-state index < -0.39 is 47.9 Å². The van der Waals surface area contributed by atoms with Crippen LogP contribution in [-0.4, -0.2) is 141 Å². The van der Waals surface area contributed by atoms with Gasteiger partial charge in [-0.05, 0) is 73.7 Å². The maximum absolute atomic E-state index is 14.1. The van der Waals surface area contributed by atoms with E-state index in [9.17, 15) is 33.9 Å². The summed E-state index contributed by atoms with van der Waals surface area (Å²) in [4.78, 5) is 100. The zero-order valence-corrected chi connectivity index (χ0v) is 41.7. The van der Waals surface area contributed by atoms with Gasteiger partial charge in [-0.15, -0.1) is 22.7 Å². The van der Waals surface area contributed by atoms with Crippen LogP contribution in [0.3, 0.4) is 0 Å². The molecule has 5 heterocycles. The van der Waals surface area contributed by atoms with Crippen molar-refractivity contribution in [1.82, 2.24) is 45.6 Å². The summed E-state index contributed by atoms with van der Waals surface area (Å²) < 4.78 is 5.85. The van der Waals surface area contributed by atoms with Gasteiger partial charge < -0.3 is 40.5 Å². The van der Waals surface area contributed by atoms with Crippen LogP contribution < -0.4 is 26.0 Å². The Bertz CT molecular complexity index is 2640. The molecule has 2 fully saturated rings. The molecule has 0 saturated carbocycles. The largest absolute Gasteiger partial charge is 0.484 e. The van der Waals surface area contributed by atoms with E-state index in [0.717, 1.165) is 21.7 Å². The number of carbonyl (C=O) groups excluding carboxylic acids is 6.